The molecule has 0 saturated heterocycles. The topological polar surface area (TPSA) is 46.2 Å². The lowest BCUT2D eigenvalue weighted by atomic mass is 9.99. The van der Waals surface area contributed by atoms with Gasteiger partial charge in [-0.15, -0.1) is 0 Å². The van der Waals surface area contributed by atoms with Gasteiger partial charge in [-0.05, 0) is 35.1 Å². The Morgan fingerprint density at radius 3 is 2.37 bits per heavy atom. The molecule has 0 aromatic heterocycles. The highest BCUT2D eigenvalue weighted by Crippen LogP contribution is 2.26. The van der Waals surface area contributed by atoms with E-state index in [1.165, 1.54) is 0 Å². The lowest BCUT2D eigenvalue weighted by molar-refractivity contribution is 0.475. The van der Waals surface area contributed by atoms with Crippen molar-refractivity contribution in [3.05, 3.63) is 71.8 Å². The smallest absolute Gasteiger partial charge is 0.115 e. The average Bonchev–Trinajstić information content (AvgIpc) is 2.45. The molecule has 3 rings (SSSR count). The molecule has 3 N–H and O–H groups in total. The molecule has 0 unspecified atom stereocenters. The van der Waals surface area contributed by atoms with Gasteiger partial charge in [0.25, 0.3) is 0 Å². The van der Waals surface area contributed by atoms with Crippen molar-refractivity contribution in [2.24, 2.45) is 0 Å². The first-order valence-corrected chi connectivity index (χ1v) is 6.28. The van der Waals surface area contributed by atoms with Crippen LogP contribution in [-0.4, -0.2) is 5.11 Å². The Morgan fingerprint density at radius 2 is 1.58 bits per heavy atom. The number of aromatic hydroxyl groups is 1. The number of phenolic OH excluding ortho intramolecular Hbond substituents is 1. The van der Waals surface area contributed by atoms with Gasteiger partial charge < -0.3 is 10.8 Å². The van der Waals surface area contributed by atoms with Crippen molar-refractivity contribution < 1.29 is 5.11 Å². The van der Waals surface area contributed by atoms with Gasteiger partial charge in [-0.1, -0.05) is 48.5 Å². The maximum Gasteiger partial charge on any atom is 0.115 e. The molecule has 0 aliphatic heterocycles. The molecule has 3 aromatic rings. The number of nitrogen functional groups attached to an aromatic ring is 1. The Balaban J connectivity index is 2.01. The summed E-state index contributed by atoms with van der Waals surface area (Å²) in [5.74, 6) is 0.287. The molecule has 0 spiro atoms. The first kappa shape index (κ1) is 11.6. The summed E-state index contributed by atoms with van der Waals surface area (Å²) in [7, 11) is 0. The Labute approximate surface area is 112 Å². The SMILES string of the molecule is Nc1c(Cc2ccc(O)cc2)ccc2ccccc12. The molecule has 19 heavy (non-hydrogen) atoms. The fourth-order valence-electron chi connectivity index (χ4n) is 2.33. The molecule has 0 aliphatic carbocycles. The highest BCUT2D eigenvalue weighted by Gasteiger charge is 2.05. The molecule has 0 heterocycles. The Kier molecular flexibility index (Phi) is 2.84. The molecule has 2 nitrogen and oxygen atoms in total. The third kappa shape index (κ3) is 2.25. The summed E-state index contributed by atoms with van der Waals surface area (Å²) >= 11 is 0. The van der Waals surface area contributed by atoms with E-state index in [2.05, 4.69) is 18.2 Å². The van der Waals surface area contributed by atoms with Crippen LogP contribution in [0.2, 0.25) is 0 Å². The summed E-state index contributed by atoms with van der Waals surface area (Å²) in [6.45, 7) is 0. The first-order valence-electron chi connectivity index (χ1n) is 6.28. The summed E-state index contributed by atoms with van der Waals surface area (Å²) in [6.07, 6.45) is 0.775. The monoisotopic (exact) mass is 249 g/mol. The molecular formula is C17H15NO. The number of hydrogen-bond acceptors (Lipinski definition) is 2. The molecule has 0 bridgehead atoms. The molecule has 0 saturated carbocycles. The van der Waals surface area contributed by atoms with Crippen LogP contribution in [0, 0.1) is 0 Å². The van der Waals surface area contributed by atoms with E-state index in [4.69, 9.17) is 5.73 Å². The van der Waals surface area contributed by atoms with Gasteiger partial charge in [-0.2, -0.15) is 0 Å². The third-order valence-electron chi connectivity index (χ3n) is 3.39. The highest BCUT2D eigenvalue weighted by atomic mass is 16.3. The Hall–Kier alpha value is -2.48. The van der Waals surface area contributed by atoms with Crippen LogP contribution in [0.3, 0.4) is 0 Å². The standard InChI is InChI=1S/C17H15NO/c18-17-14(11-12-5-9-15(19)10-6-12)8-7-13-3-1-2-4-16(13)17/h1-10,19H,11,18H2. The quantitative estimate of drug-likeness (QED) is 0.680. The number of benzene rings is 3. The van der Waals surface area contributed by atoms with E-state index in [0.29, 0.717) is 0 Å². The van der Waals surface area contributed by atoms with Crippen molar-refractivity contribution in [3.8, 4) is 5.75 Å². The number of hydrogen-bond donors (Lipinski definition) is 2. The van der Waals surface area contributed by atoms with Crippen molar-refractivity contribution in [3.63, 3.8) is 0 Å². The second kappa shape index (κ2) is 4.65. The molecule has 3 aromatic carbocycles. The Bertz CT molecular complexity index is 717. The number of rotatable bonds is 2. The van der Waals surface area contributed by atoms with E-state index in [-0.39, 0.29) is 5.75 Å². The molecule has 0 atom stereocenters. The van der Waals surface area contributed by atoms with Gasteiger partial charge in [0.05, 0.1) is 0 Å². The predicted octanol–water partition coefficient (Wildman–Crippen LogP) is 3.72. The molecule has 94 valence electrons. The van der Waals surface area contributed by atoms with E-state index in [1.807, 2.05) is 30.3 Å². The van der Waals surface area contributed by atoms with Crippen molar-refractivity contribution in [2.45, 2.75) is 6.42 Å². The first-order chi connectivity index (χ1) is 9.24. The zero-order valence-electron chi connectivity index (χ0n) is 10.5. The van der Waals surface area contributed by atoms with Crippen molar-refractivity contribution in [1.82, 2.24) is 0 Å². The van der Waals surface area contributed by atoms with Gasteiger partial charge in [0, 0.05) is 11.1 Å². The van der Waals surface area contributed by atoms with Gasteiger partial charge in [-0.3, -0.25) is 0 Å². The fourth-order valence-corrected chi connectivity index (χ4v) is 2.33. The fraction of sp³-hybridized carbons (Fsp3) is 0.0588. The number of nitrogens with two attached hydrogens (primary N) is 1. The van der Waals surface area contributed by atoms with Crippen LogP contribution in [0.15, 0.2) is 60.7 Å². The van der Waals surface area contributed by atoms with Crippen LogP contribution in [0.5, 0.6) is 5.75 Å². The summed E-state index contributed by atoms with van der Waals surface area (Å²) in [5.41, 5.74) is 9.34. The van der Waals surface area contributed by atoms with Crippen molar-refractivity contribution in [1.29, 1.82) is 0 Å². The lowest BCUT2D eigenvalue weighted by Gasteiger charge is -2.09. The second-order valence-electron chi connectivity index (χ2n) is 4.70. The van der Waals surface area contributed by atoms with Crippen LogP contribution >= 0.6 is 0 Å². The van der Waals surface area contributed by atoms with Gasteiger partial charge in [0.2, 0.25) is 0 Å². The maximum absolute atomic E-state index is 9.29. The minimum Gasteiger partial charge on any atom is -0.508 e. The van der Waals surface area contributed by atoms with Gasteiger partial charge >= 0.3 is 0 Å². The molecule has 0 radical (unpaired) electrons. The number of phenols is 1. The molecule has 0 amide bonds. The van der Waals surface area contributed by atoms with Crippen LogP contribution in [0.4, 0.5) is 5.69 Å². The Morgan fingerprint density at radius 1 is 0.842 bits per heavy atom. The summed E-state index contributed by atoms with van der Waals surface area (Å²) < 4.78 is 0. The molecule has 0 fully saturated rings. The number of fused-ring (bicyclic) bond motifs is 1. The van der Waals surface area contributed by atoms with Crippen LogP contribution in [0.1, 0.15) is 11.1 Å². The van der Waals surface area contributed by atoms with Crippen molar-refractivity contribution in [2.75, 3.05) is 5.73 Å². The lowest BCUT2D eigenvalue weighted by Crippen LogP contribution is -1.96. The van der Waals surface area contributed by atoms with E-state index in [1.54, 1.807) is 12.1 Å². The maximum atomic E-state index is 9.29. The second-order valence-corrected chi connectivity index (χ2v) is 4.70. The minimum absolute atomic E-state index is 0.287. The van der Waals surface area contributed by atoms with Crippen LogP contribution < -0.4 is 5.73 Å². The minimum atomic E-state index is 0.287. The van der Waals surface area contributed by atoms with Gasteiger partial charge in [0.15, 0.2) is 0 Å². The molecule has 2 heteroatoms. The largest absolute Gasteiger partial charge is 0.508 e. The van der Waals surface area contributed by atoms with E-state index < -0.39 is 0 Å². The summed E-state index contributed by atoms with van der Waals surface area (Å²) in [5, 5.41) is 11.6. The molecular weight excluding hydrogens is 234 g/mol. The zero-order valence-corrected chi connectivity index (χ0v) is 10.5. The van der Waals surface area contributed by atoms with Crippen LogP contribution in [0.25, 0.3) is 10.8 Å². The normalized spacial score (nSPS) is 10.7. The number of anilines is 1. The van der Waals surface area contributed by atoms with E-state index in [9.17, 15) is 5.11 Å². The summed E-state index contributed by atoms with van der Waals surface area (Å²) in [4.78, 5) is 0. The van der Waals surface area contributed by atoms with Gasteiger partial charge in [-0.25, -0.2) is 0 Å². The van der Waals surface area contributed by atoms with Gasteiger partial charge in [0.1, 0.15) is 5.75 Å². The highest BCUT2D eigenvalue weighted by molar-refractivity contribution is 5.94. The van der Waals surface area contributed by atoms with E-state index >= 15 is 0 Å². The van der Waals surface area contributed by atoms with Crippen molar-refractivity contribution >= 4 is 16.5 Å². The average molecular weight is 249 g/mol. The molecule has 0 aliphatic rings. The predicted molar refractivity (Wildman–Crippen MR) is 79.3 cm³/mol. The van der Waals surface area contributed by atoms with Crippen LogP contribution in [-0.2, 0) is 6.42 Å². The third-order valence-corrected chi connectivity index (χ3v) is 3.39. The van der Waals surface area contributed by atoms with E-state index in [0.717, 1.165) is 34.0 Å². The zero-order chi connectivity index (χ0) is 13.2. The summed E-state index contributed by atoms with van der Waals surface area (Å²) in [6, 6.07) is 19.5.